The molecule has 4 atom stereocenters. The molecule has 1 aliphatic heterocycles. The number of H-pyrrole nitrogens is 1. The normalized spacial score (nSPS) is 31.7. The number of aliphatic hydroxyl groups is 2. The molecular formula is C10H14N2O6. The summed E-state index contributed by atoms with van der Waals surface area (Å²) in [6, 6.07) is 1.13. The van der Waals surface area contributed by atoms with Crippen molar-refractivity contribution in [1.29, 1.82) is 0 Å². The largest absolute Gasteiger partial charge is 0.387 e. The van der Waals surface area contributed by atoms with Gasteiger partial charge in [0.2, 0.25) is 0 Å². The van der Waals surface area contributed by atoms with Crippen molar-refractivity contribution in [2.45, 2.75) is 24.5 Å². The SMILES string of the molecule is COC[C@H]1O[C@@H](n2ccc(=O)[nH]c2=O)C(O)C1O. The highest BCUT2D eigenvalue weighted by molar-refractivity contribution is 4.93. The Kier molecular flexibility index (Phi) is 3.62. The zero-order valence-corrected chi connectivity index (χ0v) is 9.65. The Bertz CT molecular complexity index is 524. The first-order chi connectivity index (χ1) is 8.54. The Balaban J connectivity index is 2.29. The summed E-state index contributed by atoms with van der Waals surface area (Å²) in [7, 11) is 1.43. The highest BCUT2D eigenvalue weighted by Gasteiger charge is 2.43. The van der Waals surface area contributed by atoms with Crippen LogP contribution in [-0.2, 0) is 9.47 Å². The molecule has 8 nitrogen and oxygen atoms in total. The Labute approximate surface area is 101 Å². The van der Waals surface area contributed by atoms with Gasteiger partial charge in [-0.25, -0.2) is 4.79 Å². The van der Waals surface area contributed by atoms with Crippen LogP contribution in [0.4, 0.5) is 0 Å². The lowest BCUT2D eigenvalue weighted by molar-refractivity contribution is -0.0614. The summed E-state index contributed by atoms with van der Waals surface area (Å²) in [4.78, 5) is 24.5. The predicted octanol–water partition coefficient (Wildman–Crippen LogP) is -2.20. The van der Waals surface area contributed by atoms with E-state index < -0.39 is 35.8 Å². The molecule has 0 radical (unpaired) electrons. The molecule has 18 heavy (non-hydrogen) atoms. The maximum atomic E-state index is 11.5. The van der Waals surface area contributed by atoms with Crippen molar-refractivity contribution in [1.82, 2.24) is 9.55 Å². The van der Waals surface area contributed by atoms with Crippen LogP contribution in [0.2, 0.25) is 0 Å². The maximum Gasteiger partial charge on any atom is 0.330 e. The van der Waals surface area contributed by atoms with E-state index in [0.29, 0.717) is 0 Å². The second-order valence-corrected chi connectivity index (χ2v) is 4.02. The van der Waals surface area contributed by atoms with Crippen molar-refractivity contribution in [2.75, 3.05) is 13.7 Å². The molecule has 2 unspecified atom stereocenters. The number of nitrogens with one attached hydrogen (secondary N) is 1. The van der Waals surface area contributed by atoms with Crippen LogP contribution in [0, 0.1) is 0 Å². The monoisotopic (exact) mass is 258 g/mol. The second-order valence-electron chi connectivity index (χ2n) is 4.02. The van der Waals surface area contributed by atoms with E-state index in [2.05, 4.69) is 0 Å². The summed E-state index contributed by atoms with van der Waals surface area (Å²) in [5.74, 6) is 0. The van der Waals surface area contributed by atoms with Crippen LogP contribution >= 0.6 is 0 Å². The Morgan fingerprint density at radius 1 is 1.44 bits per heavy atom. The minimum absolute atomic E-state index is 0.0901. The van der Waals surface area contributed by atoms with E-state index in [-0.39, 0.29) is 6.61 Å². The van der Waals surface area contributed by atoms with Crippen molar-refractivity contribution < 1.29 is 19.7 Å². The fourth-order valence-corrected chi connectivity index (χ4v) is 1.89. The molecule has 1 aliphatic rings. The number of aliphatic hydroxyl groups excluding tert-OH is 2. The lowest BCUT2D eigenvalue weighted by Gasteiger charge is -2.16. The Morgan fingerprint density at radius 3 is 2.78 bits per heavy atom. The van der Waals surface area contributed by atoms with Crippen LogP contribution in [0.1, 0.15) is 6.23 Å². The van der Waals surface area contributed by atoms with Crippen molar-refractivity contribution >= 4 is 0 Å². The summed E-state index contributed by atoms with van der Waals surface area (Å²) in [5.41, 5.74) is -1.26. The van der Waals surface area contributed by atoms with Crippen LogP contribution in [0.25, 0.3) is 0 Å². The molecule has 1 aromatic rings. The van der Waals surface area contributed by atoms with E-state index in [9.17, 15) is 19.8 Å². The molecule has 8 heteroatoms. The highest BCUT2D eigenvalue weighted by atomic mass is 16.6. The minimum atomic E-state index is -1.27. The number of hydrogen-bond acceptors (Lipinski definition) is 6. The number of nitrogens with zero attached hydrogens (tertiary/aromatic N) is 1. The molecule has 1 fully saturated rings. The number of methoxy groups -OCH3 is 1. The van der Waals surface area contributed by atoms with Gasteiger partial charge in [0.1, 0.15) is 18.3 Å². The summed E-state index contributed by atoms with van der Waals surface area (Å²) in [5, 5.41) is 19.5. The van der Waals surface area contributed by atoms with Gasteiger partial charge in [-0.05, 0) is 0 Å². The van der Waals surface area contributed by atoms with Crippen LogP contribution in [-0.4, -0.2) is 51.8 Å². The first-order valence-corrected chi connectivity index (χ1v) is 5.36. The average molecular weight is 258 g/mol. The lowest BCUT2D eigenvalue weighted by Crippen LogP contribution is -2.37. The van der Waals surface area contributed by atoms with E-state index in [1.54, 1.807) is 0 Å². The van der Waals surface area contributed by atoms with Crippen LogP contribution in [0.5, 0.6) is 0 Å². The predicted molar refractivity (Wildman–Crippen MR) is 59.1 cm³/mol. The molecule has 0 amide bonds. The lowest BCUT2D eigenvalue weighted by atomic mass is 10.1. The number of hydrogen-bond donors (Lipinski definition) is 3. The van der Waals surface area contributed by atoms with Crippen LogP contribution in [0.3, 0.4) is 0 Å². The van der Waals surface area contributed by atoms with Gasteiger partial charge in [-0.2, -0.15) is 0 Å². The van der Waals surface area contributed by atoms with Gasteiger partial charge in [0.05, 0.1) is 6.61 Å². The fourth-order valence-electron chi connectivity index (χ4n) is 1.89. The minimum Gasteiger partial charge on any atom is -0.387 e. The molecule has 0 aromatic carbocycles. The first-order valence-electron chi connectivity index (χ1n) is 5.36. The highest BCUT2D eigenvalue weighted by Crippen LogP contribution is 2.28. The van der Waals surface area contributed by atoms with Crippen molar-refractivity contribution in [2.24, 2.45) is 0 Å². The van der Waals surface area contributed by atoms with E-state index >= 15 is 0 Å². The van der Waals surface area contributed by atoms with Crippen molar-refractivity contribution in [3.8, 4) is 0 Å². The third kappa shape index (κ3) is 2.23. The van der Waals surface area contributed by atoms with Gasteiger partial charge in [0.25, 0.3) is 5.56 Å². The average Bonchev–Trinajstić information content (AvgIpc) is 2.58. The summed E-state index contributed by atoms with van der Waals surface area (Å²) in [6.45, 7) is 0.0901. The van der Waals surface area contributed by atoms with Gasteiger partial charge in [0.15, 0.2) is 6.23 Å². The van der Waals surface area contributed by atoms with E-state index in [4.69, 9.17) is 9.47 Å². The smallest absolute Gasteiger partial charge is 0.330 e. The zero-order chi connectivity index (χ0) is 13.3. The third-order valence-electron chi connectivity index (χ3n) is 2.79. The van der Waals surface area contributed by atoms with E-state index in [0.717, 1.165) is 10.6 Å². The quantitative estimate of drug-likeness (QED) is 0.567. The second kappa shape index (κ2) is 5.02. The molecule has 1 saturated heterocycles. The van der Waals surface area contributed by atoms with E-state index in [1.165, 1.54) is 13.3 Å². The van der Waals surface area contributed by atoms with Crippen molar-refractivity contribution in [3.63, 3.8) is 0 Å². The van der Waals surface area contributed by atoms with Crippen LogP contribution in [0.15, 0.2) is 21.9 Å². The number of rotatable bonds is 3. The molecule has 1 aromatic heterocycles. The third-order valence-corrected chi connectivity index (χ3v) is 2.79. The molecule has 0 bridgehead atoms. The Morgan fingerprint density at radius 2 is 2.17 bits per heavy atom. The molecule has 0 aliphatic carbocycles. The van der Waals surface area contributed by atoms with E-state index in [1.807, 2.05) is 4.98 Å². The van der Waals surface area contributed by atoms with Crippen molar-refractivity contribution in [3.05, 3.63) is 33.1 Å². The standard InChI is InChI=1S/C10H14N2O6/c1-17-4-5-7(14)8(15)9(18-5)12-3-2-6(13)11-10(12)16/h2-3,5,7-9,14-15H,4H2,1H3,(H,11,13,16)/t5-,7?,8?,9-/m1/s1. The van der Waals surface area contributed by atoms with Crippen LogP contribution < -0.4 is 11.2 Å². The zero-order valence-electron chi connectivity index (χ0n) is 9.65. The van der Waals surface area contributed by atoms with Gasteiger partial charge in [0, 0.05) is 19.4 Å². The molecule has 0 saturated carbocycles. The first kappa shape index (κ1) is 13.0. The van der Waals surface area contributed by atoms with Gasteiger partial charge in [-0.3, -0.25) is 14.3 Å². The molecule has 100 valence electrons. The number of aromatic nitrogens is 2. The van der Waals surface area contributed by atoms with Gasteiger partial charge >= 0.3 is 5.69 Å². The maximum absolute atomic E-state index is 11.5. The molecule has 3 N–H and O–H groups in total. The molecular weight excluding hydrogens is 244 g/mol. The number of aromatic amines is 1. The molecule has 2 heterocycles. The summed E-state index contributed by atoms with van der Waals surface area (Å²) in [6.07, 6.45) is -3.00. The van der Waals surface area contributed by atoms with Gasteiger partial charge in [-0.15, -0.1) is 0 Å². The van der Waals surface area contributed by atoms with Gasteiger partial charge < -0.3 is 19.7 Å². The topological polar surface area (TPSA) is 114 Å². The number of ether oxygens (including phenoxy) is 2. The van der Waals surface area contributed by atoms with Gasteiger partial charge in [-0.1, -0.05) is 0 Å². The molecule has 0 spiro atoms. The Hall–Kier alpha value is -1.48. The summed E-state index contributed by atoms with van der Waals surface area (Å²) < 4.78 is 11.2. The fraction of sp³-hybridized carbons (Fsp3) is 0.600. The molecule has 2 rings (SSSR count). The summed E-state index contributed by atoms with van der Waals surface area (Å²) >= 11 is 0.